The van der Waals surface area contributed by atoms with Crippen LogP contribution in [0.25, 0.3) is 0 Å². The first-order chi connectivity index (χ1) is 12.6. The number of carbonyl (C=O) groups is 1. The molecular formula is C22H34O5. The minimum Gasteiger partial charge on any atom is -0.468 e. The van der Waals surface area contributed by atoms with Gasteiger partial charge in [0.1, 0.15) is 5.41 Å². The van der Waals surface area contributed by atoms with Gasteiger partial charge in [-0.2, -0.15) is 0 Å². The molecule has 3 fully saturated rings. The molecule has 27 heavy (non-hydrogen) atoms. The number of esters is 1. The van der Waals surface area contributed by atoms with Crippen LogP contribution >= 0.6 is 0 Å². The number of allylic oxidation sites excluding steroid dienone is 2. The van der Waals surface area contributed by atoms with Crippen molar-refractivity contribution in [3.63, 3.8) is 0 Å². The van der Waals surface area contributed by atoms with Gasteiger partial charge in [-0.15, -0.1) is 13.2 Å². The van der Waals surface area contributed by atoms with Gasteiger partial charge in [-0.3, -0.25) is 4.79 Å². The maximum Gasteiger partial charge on any atom is 0.315 e. The van der Waals surface area contributed by atoms with Gasteiger partial charge >= 0.3 is 5.97 Å². The summed E-state index contributed by atoms with van der Waals surface area (Å²) in [4.78, 5) is 13.0. The Kier molecular flexibility index (Phi) is 5.34. The van der Waals surface area contributed by atoms with Crippen LogP contribution in [0, 0.1) is 28.6 Å². The van der Waals surface area contributed by atoms with E-state index in [0.29, 0.717) is 38.9 Å². The van der Waals surface area contributed by atoms with E-state index in [-0.39, 0.29) is 29.1 Å². The number of carbonyl (C=O) groups excluding carboxylic acids is 1. The third kappa shape index (κ3) is 3.28. The minimum absolute atomic E-state index is 0.0138. The van der Waals surface area contributed by atoms with E-state index >= 15 is 0 Å². The Morgan fingerprint density at radius 1 is 1.30 bits per heavy atom. The number of hydrogen-bond donors (Lipinski definition) is 1. The highest BCUT2D eigenvalue weighted by Crippen LogP contribution is 2.64. The fraction of sp³-hybridized carbons (Fsp3) is 0.773. The van der Waals surface area contributed by atoms with Crippen LogP contribution in [0.3, 0.4) is 0 Å². The van der Waals surface area contributed by atoms with Gasteiger partial charge in [0.25, 0.3) is 0 Å². The lowest BCUT2D eigenvalue weighted by Gasteiger charge is -2.44. The number of methoxy groups -OCH3 is 1. The van der Waals surface area contributed by atoms with E-state index in [1.54, 1.807) is 0 Å². The van der Waals surface area contributed by atoms with Crippen molar-refractivity contribution in [3.05, 3.63) is 24.8 Å². The molecule has 3 rings (SSSR count). The normalized spacial score (nSPS) is 39.1. The Balaban J connectivity index is 1.99. The van der Waals surface area contributed by atoms with Gasteiger partial charge in [-0.25, -0.2) is 0 Å². The number of aliphatic hydroxyl groups excluding tert-OH is 1. The second-order valence-corrected chi connectivity index (χ2v) is 9.63. The van der Waals surface area contributed by atoms with Gasteiger partial charge in [0.15, 0.2) is 5.79 Å². The summed E-state index contributed by atoms with van der Waals surface area (Å²) < 4.78 is 17.7. The summed E-state index contributed by atoms with van der Waals surface area (Å²) in [6.07, 6.45) is 3.40. The lowest BCUT2D eigenvalue weighted by Crippen LogP contribution is -2.50. The lowest BCUT2D eigenvalue weighted by molar-refractivity contribution is -0.300. The molecule has 5 nitrogen and oxygen atoms in total. The van der Waals surface area contributed by atoms with Gasteiger partial charge < -0.3 is 19.3 Å². The van der Waals surface area contributed by atoms with Crippen LogP contribution in [-0.4, -0.2) is 43.3 Å². The molecule has 1 spiro atoms. The molecule has 1 saturated heterocycles. The molecule has 5 heteroatoms. The van der Waals surface area contributed by atoms with E-state index in [4.69, 9.17) is 14.2 Å². The Hall–Kier alpha value is -1.17. The van der Waals surface area contributed by atoms with Gasteiger partial charge in [0, 0.05) is 18.3 Å². The monoisotopic (exact) mass is 378 g/mol. The van der Waals surface area contributed by atoms with Crippen molar-refractivity contribution in [2.75, 3.05) is 20.3 Å². The number of rotatable bonds is 5. The molecule has 2 aliphatic carbocycles. The smallest absolute Gasteiger partial charge is 0.315 e. The van der Waals surface area contributed by atoms with Crippen molar-refractivity contribution in [1.29, 1.82) is 0 Å². The van der Waals surface area contributed by atoms with E-state index in [9.17, 15) is 9.90 Å². The number of hydrogen-bond acceptors (Lipinski definition) is 5. The number of fused-ring (bicyclic) bond motifs is 1. The summed E-state index contributed by atoms with van der Waals surface area (Å²) in [5.74, 6) is -1.03. The van der Waals surface area contributed by atoms with Gasteiger partial charge in [0.05, 0.1) is 26.4 Å². The number of aliphatic hydroxyl groups is 1. The molecule has 0 aromatic carbocycles. The first kappa shape index (κ1) is 20.6. The fourth-order valence-electron chi connectivity index (χ4n) is 5.66. The predicted octanol–water partition coefficient (Wildman–Crippen LogP) is 3.47. The molecule has 152 valence electrons. The second-order valence-electron chi connectivity index (χ2n) is 9.63. The van der Waals surface area contributed by atoms with E-state index in [1.165, 1.54) is 7.11 Å². The van der Waals surface area contributed by atoms with Crippen LogP contribution in [0.2, 0.25) is 0 Å². The van der Waals surface area contributed by atoms with Crippen molar-refractivity contribution >= 4 is 5.97 Å². The third-order valence-electron chi connectivity index (χ3n) is 6.79. The quantitative estimate of drug-likeness (QED) is 0.586. The summed E-state index contributed by atoms with van der Waals surface area (Å²) in [5.41, 5.74) is -0.146. The molecule has 1 N–H and O–H groups in total. The third-order valence-corrected chi connectivity index (χ3v) is 6.79. The zero-order valence-corrected chi connectivity index (χ0v) is 17.1. The average Bonchev–Trinajstić information content (AvgIpc) is 3.07. The molecule has 2 saturated carbocycles. The maximum atomic E-state index is 13.0. The minimum atomic E-state index is -0.998. The predicted molar refractivity (Wildman–Crippen MR) is 103 cm³/mol. The largest absolute Gasteiger partial charge is 0.468 e. The lowest BCUT2D eigenvalue weighted by atomic mass is 9.70. The standard InChI is InChI=1S/C22H34O5/c1-7-8-15-16-10-21(26-12-20(4,5)13-27-21)11-17(16)22(18(15)23,9-14(2)3)19(24)25-6/h7,15-18,23H,1-2,8-13H2,3-6H3/t15-,16-,17-,18+,22-/m1/s1. The van der Waals surface area contributed by atoms with Gasteiger partial charge in [-0.05, 0) is 37.5 Å². The van der Waals surface area contributed by atoms with Crippen molar-refractivity contribution in [3.8, 4) is 0 Å². The Bertz CT molecular complexity index is 614. The maximum absolute atomic E-state index is 13.0. The number of ether oxygens (including phenoxy) is 3. The van der Waals surface area contributed by atoms with Crippen LogP contribution in [0.5, 0.6) is 0 Å². The van der Waals surface area contributed by atoms with Gasteiger partial charge in [-0.1, -0.05) is 25.5 Å². The van der Waals surface area contributed by atoms with Crippen molar-refractivity contribution < 1.29 is 24.1 Å². The SMILES string of the molecule is C=CC[C@@H]1[C@H]2CC3(C[C@H]2[C@@](CC(=C)C)(C(=O)OC)[C@H]1O)OCC(C)(C)CO3. The highest BCUT2D eigenvalue weighted by atomic mass is 16.7. The molecular weight excluding hydrogens is 344 g/mol. The van der Waals surface area contributed by atoms with Crippen molar-refractivity contribution in [1.82, 2.24) is 0 Å². The molecule has 0 radical (unpaired) electrons. The highest BCUT2D eigenvalue weighted by Gasteiger charge is 2.69. The molecule has 5 atom stereocenters. The summed E-state index contributed by atoms with van der Waals surface area (Å²) in [6.45, 7) is 15.3. The second kappa shape index (κ2) is 7.02. The zero-order valence-electron chi connectivity index (χ0n) is 17.1. The van der Waals surface area contributed by atoms with Crippen LogP contribution in [0.1, 0.15) is 46.5 Å². The molecule has 0 amide bonds. The molecule has 3 aliphatic rings. The van der Waals surface area contributed by atoms with E-state index in [2.05, 4.69) is 27.0 Å². The summed E-state index contributed by atoms with van der Waals surface area (Å²) in [6, 6.07) is 0. The average molecular weight is 379 g/mol. The highest BCUT2D eigenvalue weighted by molar-refractivity contribution is 5.79. The van der Waals surface area contributed by atoms with E-state index in [1.807, 2.05) is 13.0 Å². The zero-order chi connectivity index (χ0) is 20.0. The van der Waals surface area contributed by atoms with Crippen LogP contribution in [0.4, 0.5) is 0 Å². The molecule has 0 bridgehead atoms. The Morgan fingerprint density at radius 2 is 1.93 bits per heavy atom. The molecule has 0 aromatic rings. The van der Waals surface area contributed by atoms with Crippen LogP contribution in [0.15, 0.2) is 24.8 Å². The summed E-state index contributed by atoms with van der Waals surface area (Å²) in [5, 5.41) is 11.3. The molecule has 0 aromatic heterocycles. The Morgan fingerprint density at radius 3 is 2.44 bits per heavy atom. The fourth-order valence-corrected chi connectivity index (χ4v) is 5.66. The van der Waals surface area contributed by atoms with Crippen molar-refractivity contribution in [2.24, 2.45) is 28.6 Å². The van der Waals surface area contributed by atoms with Gasteiger partial charge in [0.2, 0.25) is 0 Å². The molecule has 1 aliphatic heterocycles. The first-order valence-electron chi connectivity index (χ1n) is 9.90. The van der Waals surface area contributed by atoms with E-state index < -0.39 is 17.3 Å². The molecule has 0 unspecified atom stereocenters. The topological polar surface area (TPSA) is 65.0 Å². The Labute approximate surface area is 162 Å². The molecule has 1 heterocycles. The van der Waals surface area contributed by atoms with Crippen LogP contribution < -0.4 is 0 Å². The summed E-state index contributed by atoms with van der Waals surface area (Å²) >= 11 is 0. The van der Waals surface area contributed by atoms with Crippen LogP contribution in [-0.2, 0) is 19.0 Å². The van der Waals surface area contributed by atoms with Crippen molar-refractivity contribution in [2.45, 2.75) is 58.3 Å². The first-order valence-corrected chi connectivity index (χ1v) is 9.90. The summed E-state index contributed by atoms with van der Waals surface area (Å²) in [7, 11) is 1.39. The van der Waals surface area contributed by atoms with E-state index in [0.717, 1.165) is 5.57 Å².